The summed E-state index contributed by atoms with van der Waals surface area (Å²) < 4.78 is 6.51. The quantitative estimate of drug-likeness (QED) is 0.691. The van der Waals surface area contributed by atoms with Gasteiger partial charge in [-0.1, -0.05) is 54.1 Å². The summed E-state index contributed by atoms with van der Waals surface area (Å²) in [6, 6.07) is 17.6. The van der Waals surface area contributed by atoms with Gasteiger partial charge in [-0.3, -0.25) is 4.79 Å². The van der Waals surface area contributed by atoms with Crippen molar-refractivity contribution in [3.63, 3.8) is 0 Å². The Morgan fingerprint density at radius 2 is 1.81 bits per heavy atom. The summed E-state index contributed by atoms with van der Waals surface area (Å²) in [5.41, 5.74) is 2.41. The number of rotatable bonds is 7. The van der Waals surface area contributed by atoms with Gasteiger partial charge in [-0.2, -0.15) is 5.10 Å². The highest BCUT2D eigenvalue weighted by Crippen LogP contribution is 2.16. The van der Waals surface area contributed by atoms with Crippen molar-refractivity contribution < 1.29 is 4.74 Å². The first-order chi connectivity index (χ1) is 12.7. The summed E-state index contributed by atoms with van der Waals surface area (Å²) >= 11 is 6.23. The highest BCUT2D eigenvalue weighted by molar-refractivity contribution is 6.32. The lowest BCUT2D eigenvalue weighted by molar-refractivity contribution is 0.414. The van der Waals surface area contributed by atoms with E-state index in [2.05, 4.69) is 10.4 Å². The van der Waals surface area contributed by atoms with Crippen molar-refractivity contribution in [2.75, 3.05) is 19.0 Å². The number of hydrogen-bond donors (Lipinski definition) is 1. The number of methoxy groups -OCH3 is 1. The first kappa shape index (κ1) is 18.0. The summed E-state index contributed by atoms with van der Waals surface area (Å²) in [5, 5.41) is 7.56. The fourth-order valence-corrected chi connectivity index (χ4v) is 2.80. The van der Waals surface area contributed by atoms with Gasteiger partial charge in [0.05, 0.1) is 25.5 Å². The zero-order chi connectivity index (χ0) is 18.4. The van der Waals surface area contributed by atoms with Gasteiger partial charge < -0.3 is 10.1 Å². The molecule has 0 bridgehead atoms. The Morgan fingerprint density at radius 3 is 2.50 bits per heavy atom. The van der Waals surface area contributed by atoms with Crippen molar-refractivity contribution in [2.45, 2.75) is 13.0 Å². The molecule has 1 N–H and O–H groups in total. The monoisotopic (exact) mass is 369 g/mol. The van der Waals surface area contributed by atoms with E-state index in [1.807, 2.05) is 54.6 Å². The summed E-state index contributed by atoms with van der Waals surface area (Å²) in [7, 11) is 1.64. The number of nitrogens with zero attached hydrogens (tertiary/aromatic N) is 2. The maximum atomic E-state index is 12.4. The molecule has 3 aromatic rings. The van der Waals surface area contributed by atoms with E-state index in [4.69, 9.17) is 16.3 Å². The molecule has 0 saturated heterocycles. The second-order valence-electron chi connectivity index (χ2n) is 5.85. The molecule has 0 aliphatic heterocycles. The second-order valence-corrected chi connectivity index (χ2v) is 6.22. The zero-order valence-electron chi connectivity index (χ0n) is 14.5. The van der Waals surface area contributed by atoms with E-state index in [1.54, 1.807) is 13.3 Å². The molecule has 3 rings (SSSR count). The first-order valence-electron chi connectivity index (χ1n) is 8.33. The molecule has 0 unspecified atom stereocenters. The largest absolute Gasteiger partial charge is 0.497 e. The molecule has 1 aromatic heterocycles. The van der Waals surface area contributed by atoms with E-state index in [9.17, 15) is 4.79 Å². The smallest absolute Gasteiger partial charge is 0.287 e. The van der Waals surface area contributed by atoms with Gasteiger partial charge >= 0.3 is 0 Å². The van der Waals surface area contributed by atoms with E-state index in [-0.39, 0.29) is 10.6 Å². The number of aromatic nitrogens is 2. The summed E-state index contributed by atoms with van der Waals surface area (Å²) in [5.74, 6) is 0.830. The Bertz CT molecular complexity index is 909. The van der Waals surface area contributed by atoms with Crippen LogP contribution < -0.4 is 15.6 Å². The van der Waals surface area contributed by atoms with E-state index in [0.29, 0.717) is 18.8 Å². The van der Waals surface area contributed by atoms with Gasteiger partial charge in [0, 0.05) is 6.54 Å². The average molecular weight is 370 g/mol. The minimum absolute atomic E-state index is 0.158. The maximum absolute atomic E-state index is 12.4. The van der Waals surface area contributed by atoms with Crippen molar-refractivity contribution in [3.8, 4) is 5.75 Å². The Morgan fingerprint density at radius 1 is 1.08 bits per heavy atom. The Hall–Kier alpha value is -2.79. The number of hydrogen-bond acceptors (Lipinski definition) is 4. The number of ether oxygens (including phenoxy) is 1. The standard InChI is InChI=1S/C20H20ClN3O2/c1-26-17-9-7-15(8-10-17)11-12-22-18-13-23-24(20(25)19(18)21)14-16-5-3-2-4-6-16/h2-10,13,22H,11-12,14H2,1H3. The van der Waals surface area contributed by atoms with Crippen LogP contribution >= 0.6 is 11.6 Å². The molecule has 2 aromatic carbocycles. The van der Waals surface area contributed by atoms with Gasteiger partial charge in [-0.05, 0) is 29.7 Å². The summed E-state index contributed by atoms with van der Waals surface area (Å²) in [6.45, 7) is 1.04. The lowest BCUT2D eigenvalue weighted by Gasteiger charge is -2.11. The lowest BCUT2D eigenvalue weighted by Crippen LogP contribution is -2.25. The molecule has 0 aliphatic carbocycles. The molecule has 26 heavy (non-hydrogen) atoms. The van der Waals surface area contributed by atoms with Crippen LogP contribution in [-0.4, -0.2) is 23.4 Å². The molecule has 0 fully saturated rings. The predicted octanol–water partition coefficient (Wildman–Crippen LogP) is 3.61. The highest BCUT2D eigenvalue weighted by atomic mass is 35.5. The van der Waals surface area contributed by atoms with E-state index < -0.39 is 0 Å². The van der Waals surface area contributed by atoms with Crippen LogP contribution in [0.25, 0.3) is 0 Å². The van der Waals surface area contributed by atoms with Crippen molar-refractivity contribution in [1.29, 1.82) is 0 Å². The van der Waals surface area contributed by atoms with Crippen molar-refractivity contribution in [2.24, 2.45) is 0 Å². The van der Waals surface area contributed by atoms with Gasteiger partial charge in [0.25, 0.3) is 5.56 Å². The van der Waals surface area contributed by atoms with E-state index in [1.165, 1.54) is 10.2 Å². The highest BCUT2D eigenvalue weighted by Gasteiger charge is 2.09. The molecule has 0 atom stereocenters. The topological polar surface area (TPSA) is 56.1 Å². The molecule has 0 spiro atoms. The van der Waals surface area contributed by atoms with Gasteiger partial charge in [-0.25, -0.2) is 4.68 Å². The van der Waals surface area contributed by atoms with Gasteiger partial charge in [-0.15, -0.1) is 0 Å². The summed E-state index contributed by atoms with van der Waals surface area (Å²) in [4.78, 5) is 12.4. The molecule has 0 amide bonds. The van der Waals surface area contributed by atoms with Crippen LogP contribution in [0.2, 0.25) is 5.02 Å². The van der Waals surface area contributed by atoms with Crippen LogP contribution in [0.15, 0.2) is 65.6 Å². The molecule has 1 heterocycles. The third kappa shape index (κ3) is 4.43. The molecular weight excluding hydrogens is 350 g/mol. The third-order valence-electron chi connectivity index (χ3n) is 4.05. The fraction of sp³-hybridized carbons (Fsp3) is 0.200. The molecular formula is C20H20ClN3O2. The number of benzene rings is 2. The SMILES string of the molecule is COc1ccc(CCNc2cnn(Cc3ccccc3)c(=O)c2Cl)cc1. The lowest BCUT2D eigenvalue weighted by atomic mass is 10.1. The van der Waals surface area contributed by atoms with Crippen LogP contribution in [0.3, 0.4) is 0 Å². The summed E-state index contributed by atoms with van der Waals surface area (Å²) in [6.07, 6.45) is 2.40. The zero-order valence-corrected chi connectivity index (χ0v) is 15.2. The molecule has 0 aliphatic rings. The van der Waals surface area contributed by atoms with Crippen LogP contribution in [0, 0.1) is 0 Å². The van der Waals surface area contributed by atoms with E-state index in [0.717, 1.165) is 17.7 Å². The average Bonchev–Trinajstić information content (AvgIpc) is 2.68. The molecule has 0 radical (unpaired) electrons. The minimum atomic E-state index is -0.301. The van der Waals surface area contributed by atoms with E-state index >= 15 is 0 Å². The normalized spacial score (nSPS) is 10.5. The van der Waals surface area contributed by atoms with Crippen LogP contribution in [-0.2, 0) is 13.0 Å². The molecule has 0 saturated carbocycles. The van der Waals surface area contributed by atoms with Gasteiger partial charge in [0.2, 0.25) is 0 Å². The predicted molar refractivity (Wildman–Crippen MR) is 104 cm³/mol. The number of halogens is 1. The van der Waals surface area contributed by atoms with Gasteiger partial charge in [0.1, 0.15) is 10.8 Å². The third-order valence-corrected chi connectivity index (χ3v) is 4.41. The maximum Gasteiger partial charge on any atom is 0.287 e. The Kier molecular flexibility index (Phi) is 5.92. The molecule has 6 heteroatoms. The molecule has 5 nitrogen and oxygen atoms in total. The van der Waals surface area contributed by atoms with Crippen LogP contribution in [0.1, 0.15) is 11.1 Å². The Balaban J connectivity index is 1.63. The second kappa shape index (κ2) is 8.54. The Labute approximate surface area is 157 Å². The van der Waals surface area contributed by atoms with Crippen LogP contribution in [0.4, 0.5) is 5.69 Å². The number of anilines is 1. The van der Waals surface area contributed by atoms with Crippen LogP contribution in [0.5, 0.6) is 5.75 Å². The number of nitrogens with one attached hydrogen (secondary N) is 1. The fourth-order valence-electron chi connectivity index (χ4n) is 2.59. The van der Waals surface area contributed by atoms with Gasteiger partial charge in [0.15, 0.2) is 0 Å². The van der Waals surface area contributed by atoms with Crippen molar-refractivity contribution in [1.82, 2.24) is 9.78 Å². The van der Waals surface area contributed by atoms with Crippen molar-refractivity contribution in [3.05, 3.63) is 87.3 Å². The minimum Gasteiger partial charge on any atom is -0.497 e. The first-order valence-corrected chi connectivity index (χ1v) is 8.71. The van der Waals surface area contributed by atoms with Crippen molar-refractivity contribution >= 4 is 17.3 Å². The molecule has 134 valence electrons.